The van der Waals surface area contributed by atoms with Crippen LogP contribution in [0.25, 0.3) is 66.6 Å². The monoisotopic (exact) mass is 1590 g/mol. The molecule has 0 radical (unpaired) electrons. The Morgan fingerprint density at radius 3 is 1.37 bits per heavy atom. The first-order chi connectivity index (χ1) is 49.6. The van der Waals surface area contributed by atoms with Crippen molar-refractivity contribution in [2.75, 3.05) is 45.7 Å². The first-order valence-electron chi connectivity index (χ1n) is 35.6. The quantitative estimate of drug-likeness (QED) is 0.0200. The van der Waals surface area contributed by atoms with Crippen LogP contribution < -0.4 is 5.46 Å². The third-order valence-electron chi connectivity index (χ3n) is 17.0. The van der Waals surface area contributed by atoms with Crippen molar-refractivity contribution < 1.29 is 37.7 Å². The van der Waals surface area contributed by atoms with E-state index in [2.05, 4.69) is 144 Å². The van der Waals surface area contributed by atoms with Crippen LogP contribution in [0.4, 0.5) is 0 Å². The smallest absolute Gasteiger partial charge is 0.399 e. The number of rotatable bonds is 28. The molecule has 1 fully saturated rings. The Hall–Kier alpha value is -6.41. The van der Waals surface area contributed by atoms with Gasteiger partial charge in [0.05, 0.1) is 45.8 Å². The van der Waals surface area contributed by atoms with E-state index >= 15 is 0 Å². The maximum Gasteiger partial charge on any atom is 0.498 e. The molecule has 12 rings (SSSR count). The van der Waals surface area contributed by atoms with E-state index in [1.165, 1.54) is 30.8 Å². The molecule has 11 aromatic rings. The summed E-state index contributed by atoms with van der Waals surface area (Å²) in [6.07, 6.45) is 24.7. The molecule has 0 amide bonds. The molecule has 106 heavy (non-hydrogen) atoms. The summed E-state index contributed by atoms with van der Waals surface area (Å²) < 4.78 is 55.1. The zero-order valence-corrected chi connectivity index (χ0v) is 71.3. The molecule has 2 atom stereocenters. The molecule has 12 heterocycles. The number of halogens is 3. The number of aromatic amines is 2. The predicted molar refractivity (Wildman–Crippen MR) is 440 cm³/mol. The molecule has 0 spiro atoms. The largest absolute Gasteiger partial charge is 0.498 e. The van der Waals surface area contributed by atoms with Gasteiger partial charge in [0.15, 0.2) is 0 Å². The summed E-state index contributed by atoms with van der Waals surface area (Å²) in [6.45, 7) is 50.2. The number of alkyl halides is 1. The summed E-state index contributed by atoms with van der Waals surface area (Å²) in [6, 6.07) is 12.9. The second kappa shape index (κ2) is 40.9. The Morgan fingerprint density at radius 2 is 0.925 bits per heavy atom. The summed E-state index contributed by atoms with van der Waals surface area (Å²) in [5.74, 6) is 0. The van der Waals surface area contributed by atoms with Gasteiger partial charge in [-0.1, -0.05) is 121 Å². The summed E-state index contributed by atoms with van der Waals surface area (Å²) in [5.41, 5.74) is 7.30. The maximum atomic E-state index is 5.99. The van der Waals surface area contributed by atoms with Crippen LogP contribution in [-0.2, 0) is 57.9 Å². The van der Waals surface area contributed by atoms with Crippen molar-refractivity contribution in [3.05, 3.63) is 122 Å². The van der Waals surface area contributed by atoms with E-state index in [-0.39, 0.29) is 38.2 Å². The fourth-order valence-electron chi connectivity index (χ4n) is 9.98. The van der Waals surface area contributed by atoms with Crippen LogP contribution in [0.1, 0.15) is 75.3 Å². The molecule has 1 saturated heterocycles. The molecule has 0 aliphatic carbocycles. The second-order valence-electron chi connectivity index (χ2n) is 31.1. The average molecular weight is 1590 g/mol. The number of nitrogens with zero attached hydrogens (tertiary/aromatic N) is 16. The molecule has 2 N–H and O–H groups in total. The highest BCUT2D eigenvalue weighted by atomic mass is 35.5. The van der Waals surface area contributed by atoms with Crippen molar-refractivity contribution in [3.8, 4) is 22.5 Å². The normalized spacial score (nSPS) is 14.1. The topological polar surface area (TPSA) is 272 Å². The number of nitrogens with one attached hydrogen (secondary N) is 2. The number of aromatic nitrogens is 18. The van der Waals surface area contributed by atoms with E-state index in [9.17, 15) is 0 Å². The third kappa shape index (κ3) is 27.3. The predicted octanol–water partition coefficient (Wildman–Crippen LogP) is 17.2. The number of hydrogen-bond acceptors (Lipinski definition) is 19. The van der Waals surface area contributed by atoms with Gasteiger partial charge in [-0.2, -0.15) is 15.3 Å². The minimum atomic E-state index is -1.08. The SMILES string of the molecule is C.CCOC(C)n1cc(-c2ncnc3c2ccn3COCC[Si](C)(C)C)cn1.CCOC(C)n1cc(B2OC(C)(C)C(C)(C)O2)cn1.C[Si](C)(C)CCOCCl.C[Si](C)(C)CCOCn1ccc2c(-c3cn[nH]c3)ncnc21.C[Si](C)(C)CCOCn1ccc2c(Cl)ncnc21.Clc1ncnc2[nH]ccc12. The second-order valence-corrected chi connectivity index (χ2v) is 54.5. The standard InChI is InChI=1S/C19H29N5O2Si.C15H21N5OSi.C13H23BN2O3.C12H18ClN3OSi.C6H4ClN3.C6H15ClOSi.CH4/c1-6-26-15(2)24-12-16(11-22-24)18-17-7-8-23(19(17)21-13-20-18)14-25-9-10-27(3,4)5;1-22(2,3)7-6-21-11-20-5-4-13-14(12-8-18-19-9-12)16-10-17-15(13)20;1-7-17-10(2)16-9-11(8-15-16)14-18-12(3,4)13(5,6)19-14;1-18(2,3)7-6-17-9-16-5-4-10-11(13)14-8-15-12(10)16;7-5-4-1-2-8-6(4)10-3-9-5;1-9(2,3)5-4-8-6-7;/h7-8,11-13,15H,6,9-10,14H2,1-5H3;4-5,8-10H,6-7,11H2,1-3H3,(H,18,19);8-10H,7H2,1-6H3;4-5,8H,6-7,9H2,1-3H3;1-3H,(H,8,9,10);4-6H2,1-3H3;1H4. The highest BCUT2D eigenvalue weighted by Crippen LogP contribution is 2.37. The Bertz CT molecular complexity index is 4360. The molecule has 26 nitrogen and oxygen atoms in total. The molecule has 580 valence electrons. The average Bonchev–Trinajstić information content (AvgIpc) is 1.63. The Labute approximate surface area is 645 Å². The lowest BCUT2D eigenvalue weighted by molar-refractivity contribution is 0.00578. The van der Waals surface area contributed by atoms with E-state index in [1.54, 1.807) is 35.9 Å². The first-order valence-corrected chi connectivity index (χ1v) is 51.8. The minimum absolute atomic E-state index is 0. The van der Waals surface area contributed by atoms with Gasteiger partial charge in [-0.3, -0.25) is 5.10 Å². The lowest BCUT2D eigenvalue weighted by atomic mass is 9.82. The molecule has 0 aromatic carbocycles. The van der Waals surface area contributed by atoms with Crippen molar-refractivity contribution >= 4 is 124 Å². The molecular formula is C72H114BCl3N18O8Si4. The van der Waals surface area contributed by atoms with Crippen molar-refractivity contribution in [2.24, 2.45) is 0 Å². The fourth-order valence-corrected chi connectivity index (χ4v) is 13.5. The summed E-state index contributed by atoms with van der Waals surface area (Å²) in [5, 5.41) is 20.2. The van der Waals surface area contributed by atoms with Gasteiger partial charge in [0.25, 0.3) is 0 Å². The van der Waals surface area contributed by atoms with Gasteiger partial charge in [-0.15, -0.1) is 0 Å². The van der Waals surface area contributed by atoms with Crippen LogP contribution in [0, 0.1) is 0 Å². The lowest BCUT2D eigenvalue weighted by Gasteiger charge is -2.32. The number of H-pyrrole nitrogens is 2. The summed E-state index contributed by atoms with van der Waals surface area (Å²) in [4.78, 5) is 36.6. The van der Waals surface area contributed by atoms with Crippen LogP contribution in [0.5, 0.6) is 0 Å². The van der Waals surface area contributed by atoms with Crippen molar-refractivity contribution in [2.45, 2.75) is 209 Å². The highest BCUT2D eigenvalue weighted by molar-refractivity contribution is 6.77. The van der Waals surface area contributed by atoms with Gasteiger partial charge in [0, 0.05) is 149 Å². The van der Waals surface area contributed by atoms with E-state index in [1.807, 2.05) is 141 Å². The van der Waals surface area contributed by atoms with E-state index in [0.29, 0.717) is 49.8 Å². The maximum absolute atomic E-state index is 5.99. The van der Waals surface area contributed by atoms with Crippen molar-refractivity contribution in [1.29, 1.82) is 0 Å². The van der Waals surface area contributed by atoms with Crippen molar-refractivity contribution in [3.63, 3.8) is 0 Å². The van der Waals surface area contributed by atoms with Crippen LogP contribution >= 0.6 is 34.8 Å². The van der Waals surface area contributed by atoms with Gasteiger partial charge in [0.2, 0.25) is 0 Å². The Morgan fingerprint density at radius 1 is 0.509 bits per heavy atom. The fraction of sp³-hybridized carbons (Fsp3) is 0.542. The minimum Gasteiger partial charge on any atom is -0.399 e. The molecule has 0 saturated carbocycles. The molecular weight excluding hydrogens is 1470 g/mol. The van der Waals surface area contributed by atoms with Gasteiger partial charge in [0.1, 0.15) is 96.9 Å². The molecule has 1 aliphatic rings. The van der Waals surface area contributed by atoms with Gasteiger partial charge in [-0.25, -0.2) is 49.2 Å². The third-order valence-corrected chi connectivity index (χ3v) is 24.6. The van der Waals surface area contributed by atoms with Gasteiger partial charge >= 0.3 is 7.12 Å². The molecule has 34 heteroatoms. The molecule has 1 aliphatic heterocycles. The van der Waals surface area contributed by atoms with Crippen LogP contribution in [0.3, 0.4) is 0 Å². The first kappa shape index (κ1) is 88.5. The van der Waals surface area contributed by atoms with Gasteiger partial charge in [-0.05, 0) is 104 Å². The highest BCUT2D eigenvalue weighted by Gasteiger charge is 2.52. The molecule has 11 aromatic heterocycles. The zero-order chi connectivity index (χ0) is 76.8. The Kier molecular flexibility index (Phi) is 34.1. The molecule has 0 bridgehead atoms. The number of hydrogen-bond donors (Lipinski definition) is 2. The van der Waals surface area contributed by atoms with Crippen LogP contribution in [-0.4, -0.2) is 185 Å². The Balaban J connectivity index is 0.000000205. The van der Waals surface area contributed by atoms with Crippen molar-refractivity contribution in [1.82, 2.24) is 88.3 Å². The van der Waals surface area contributed by atoms with Gasteiger partial charge < -0.3 is 56.4 Å². The van der Waals surface area contributed by atoms with E-state index in [4.69, 9.17) is 72.5 Å². The van der Waals surface area contributed by atoms with Crippen LogP contribution in [0.2, 0.25) is 113 Å². The number of ether oxygens (including phenoxy) is 6. The molecule has 2 unspecified atom stereocenters. The van der Waals surface area contributed by atoms with Crippen LogP contribution in [0.15, 0.2) is 112 Å². The van der Waals surface area contributed by atoms with E-state index < -0.39 is 32.3 Å². The summed E-state index contributed by atoms with van der Waals surface area (Å²) >= 11 is 17.0. The number of fused-ring (bicyclic) bond motifs is 4. The van der Waals surface area contributed by atoms with E-state index in [0.717, 1.165) is 105 Å². The summed E-state index contributed by atoms with van der Waals surface area (Å²) in [7, 11) is -4.40. The zero-order valence-electron chi connectivity index (χ0n) is 65.1. The lowest BCUT2D eigenvalue weighted by Crippen LogP contribution is -2.41.